The van der Waals surface area contributed by atoms with E-state index in [0.29, 0.717) is 29.3 Å². The second-order valence-corrected chi connectivity index (χ2v) is 9.28. The molecule has 30 heavy (non-hydrogen) atoms. The van der Waals surface area contributed by atoms with Gasteiger partial charge in [-0.2, -0.15) is 4.39 Å². The van der Waals surface area contributed by atoms with Gasteiger partial charge in [0, 0.05) is 17.8 Å². The lowest BCUT2D eigenvalue weighted by Gasteiger charge is -2.33. The number of ether oxygens (including phenoxy) is 2. The Morgan fingerprint density at radius 3 is 2.47 bits per heavy atom. The summed E-state index contributed by atoms with van der Waals surface area (Å²) >= 11 is 0. The van der Waals surface area contributed by atoms with E-state index in [-0.39, 0.29) is 6.61 Å². The summed E-state index contributed by atoms with van der Waals surface area (Å²) < 4.78 is 24.8. The van der Waals surface area contributed by atoms with Crippen molar-refractivity contribution >= 4 is 6.09 Å². The number of carbonyl (C=O) groups is 1. The standard InChI is InChI=1S/C23H32FN3O3/c1-15(2)12-23(7,27-21(28)30-22(4,5)6)14-29-19-13-26-18(10-16(19)3)17-8-9-25-20(24)11-17/h8-11,13,15H,12,14H2,1-7H3,(H,27,28). The van der Waals surface area contributed by atoms with Crippen molar-refractivity contribution in [3.8, 4) is 17.0 Å². The summed E-state index contributed by atoms with van der Waals surface area (Å²) in [5, 5.41) is 2.96. The maximum absolute atomic E-state index is 13.4. The Morgan fingerprint density at radius 2 is 1.90 bits per heavy atom. The number of aryl methyl sites for hydroxylation is 1. The van der Waals surface area contributed by atoms with Gasteiger partial charge in [0.2, 0.25) is 5.95 Å². The third-order valence-electron chi connectivity index (χ3n) is 4.29. The normalized spacial score (nSPS) is 13.6. The Labute approximate surface area is 178 Å². The number of hydrogen-bond donors (Lipinski definition) is 1. The molecular formula is C23H32FN3O3. The van der Waals surface area contributed by atoms with Crippen LogP contribution in [0.5, 0.6) is 5.75 Å². The van der Waals surface area contributed by atoms with Gasteiger partial charge in [-0.25, -0.2) is 9.78 Å². The van der Waals surface area contributed by atoms with Gasteiger partial charge in [-0.15, -0.1) is 0 Å². The topological polar surface area (TPSA) is 73.3 Å². The van der Waals surface area contributed by atoms with E-state index >= 15 is 0 Å². The van der Waals surface area contributed by atoms with Crippen LogP contribution in [0.15, 0.2) is 30.6 Å². The lowest BCUT2D eigenvalue weighted by atomic mass is 9.91. The molecule has 0 saturated carbocycles. The molecule has 1 N–H and O–H groups in total. The molecule has 0 saturated heterocycles. The quantitative estimate of drug-likeness (QED) is 0.619. The number of nitrogens with zero attached hydrogens (tertiary/aromatic N) is 2. The lowest BCUT2D eigenvalue weighted by molar-refractivity contribution is 0.0407. The zero-order chi connectivity index (χ0) is 22.5. The van der Waals surface area contributed by atoms with Crippen molar-refractivity contribution in [1.29, 1.82) is 0 Å². The molecule has 0 bridgehead atoms. The van der Waals surface area contributed by atoms with Gasteiger partial charge in [0.1, 0.15) is 18.0 Å². The van der Waals surface area contributed by atoms with E-state index in [2.05, 4.69) is 29.1 Å². The van der Waals surface area contributed by atoms with Gasteiger partial charge >= 0.3 is 6.09 Å². The summed E-state index contributed by atoms with van der Waals surface area (Å²) in [4.78, 5) is 20.3. The average molecular weight is 418 g/mol. The Bertz CT molecular complexity index is 880. The summed E-state index contributed by atoms with van der Waals surface area (Å²) in [6, 6.07) is 4.88. The highest BCUT2D eigenvalue weighted by Crippen LogP contribution is 2.26. The van der Waals surface area contributed by atoms with Crippen LogP contribution in [-0.2, 0) is 4.74 Å². The number of nitrogens with one attached hydrogen (secondary N) is 1. The van der Waals surface area contributed by atoms with E-state index in [1.807, 2.05) is 40.7 Å². The number of pyridine rings is 2. The maximum atomic E-state index is 13.4. The van der Waals surface area contributed by atoms with E-state index in [0.717, 1.165) is 5.56 Å². The van der Waals surface area contributed by atoms with Crippen LogP contribution in [0.2, 0.25) is 0 Å². The number of rotatable bonds is 7. The molecule has 0 radical (unpaired) electrons. The molecule has 2 heterocycles. The van der Waals surface area contributed by atoms with Crippen LogP contribution in [0.25, 0.3) is 11.3 Å². The third kappa shape index (κ3) is 7.28. The fourth-order valence-corrected chi connectivity index (χ4v) is 3.25. The number of halogens is 1. The molecule has 1 amide bonds. The molecule has 7 heteroatoms. The van der Waals surface area contributed by atoms with Crippen molar-refractivity contribution in [1.82, 2.24) is 15.3 Å². The van der Waals surface area contributed by atoms with Crippen LogP contribution >= 0.6 is 0 Å². The average Bonchev–Trinajstić information content (AvgIpc) is 2.58. The molecule has 0 aliphatic heterocycles. The van der Waals surface area contributed by atoms with E-state index in [9.17, 15) is 9.18 Å². The molecular weight excluding hydrogens is 385 g/mol. The Hall–Kier alpha value is -2.70. The second-order valence-electron chi connectivity index (χ2n) is 9.28. The first-order valence-corrected chi connectivity index (χ1v) is 10.1. The molecule has 0 fully saturated rings. The molecule has 2 rings (SSSR count). The molecule has 2 aromatic heterocycles. The summed E-state index contributed by atoms with van der Waals surface area (Å²) in [5.74, 6) is 0.399. The van der Waals surface area contributed by atoms with Gasteiger partial charge in [-0.05, 0) is 64.7 Å². The molecule has 0 aliphatic carbocycles. The van der Waals surface area contributed by atoms with Gasteiger partial charge in [0.25, 0.3) is 0 Å². The zero-order valence-electron chi connectivity index (χ0n) is 18.9. The summed E-state index contributed by atoms with van der Waals surface area (Å²) in [6.45, 7) is 13.8. The highest BCUT2D eigenvalue weighted by molar-refractivity contribution is 5.68. The number of alkyl carbamates (subject to hydrolysis) is 1. The predicted molar refractivity (Wildman–Crippen MR) is 115 cm³/mol. The molecule has 1 atom stereocenters. The van der Waals surface area contributed by atoms with Crippen molar-refractivity contribution < 1.29 is 18.7 Å². The third-order valence-corrected chi connectivity index (χ3v) is 4.29. The summed E-state index contributed by atoms with van der Waals surface area (Å²) in [7, 11) is 0. The van der Waals surface area contributed by atoms with Crippen LogP contribution in [-0.4, -0.2) is 33.8 Å². The van der Waals surface area contributed by atoms with Crippen LogP contribution in [0.3, 0.4) is 0 Å². The second kappa shape index (κ2) is 9.41. The molecule has 6 nitrogen and oxygen atoms in total. The smallest absolute Gasteiger partial charge is 0.408 e. The van der Waals surface area contributed by atoms with Gasteiger partial charge in [-0.3, -0.25) is 4.98 Å². The first-order valence-electron chi connectivity index (χ1n) is 10.1. The van der Waals surface area contributed by atoms with Crippen LogP contribution in [0, 0.1) is 18.8 Å². The van der Waals surface area contributed by atoms with Gasteiger partial charge in [-0.1, -0.05) is 13.8 Å². The van der Waals surface area contributed by atoms with Crippen LogP contribution < -0.4 is 10.1 Å². The van der Waals surface area contributed by atoms with Crippen molar-refractivity contribution in [3.05, 3.63) is 42.1 Å². The van der Waals surface area contributed by atoms with Gasteiger partial charge in [0.05, 0.1) is 17.4 Å². The number of aromatic nitrogens is 2. The van der Waals surface area contributed by atoms with Crippen LogP contribution in [0.1, 0.15) is 53.5 Å². The molecule has 1 unspecified atom stereocenters. The molecule has 0 aliphatic rings. The van der Waals surface area contributed by atoms with E-state index in [4.69, 9.17) is 9.47 Å². The van der Waals surface area contributed by atoms with E-state index in [1.54, 1.807) is 12.3 Å². The number of carbonyl (C=O) groups excluding carboxylic acids is 1. The largest absolute Gasteiger partial charge is 0.489 e. The lowest BCUT2D eigenvalue weighted by Crippen LogP contribution is -2.52. The minimum Gasteiger partial charge on any atom is -0.489 e. The van der Waals surface area contributed by atoms with E-state index < -0.39 is 23.2 Å². The monoisotopic (exact) mass is 417 g/mol. The highest BCUT2D eigenvalue weighted by atomic mass is 19.1. The molecule has 0 spiro atoms. The Balaban J connectivity index is 2.13. The first kappa shape index (κ1) is 23.6. The maximum Gasteiger partial charge on any atom is 0.408 e. The summed E-state index contributed by atoms with van der Waals surface area (Å²) in [5.41, 5.74) is 0.954. The summed E-state index contributed by atoms with van der Waals surface area (Å²) in [6.07, 6.45) is 3.27. The molecule has 0 aromatic carbocycles. The number of hydrogen-bond acceptors (Lipinski definition) is 5. The zero-order valence-corrected chi connectivity index (χ0v) is 18.9. The van der Waals surface area contributed by atoms with Crippen molar-refractivity contribution in [2.24, 2.45) is 5.92 Å². The Kier molecular flexibility index (Phi) is 7.39. The van der Waals surface area contributed by atoms with Gasteiger partial charge < -0.3 is 14.8 Å². The number of amides is 1. The SMILES string of the molecule is Cc1cc(-c2ccnc(F)c2)ncc1OCC(C)(CC(C)C)NC(=O)OC(C)(C)C. The fourth-order valence-electron chi connectivity index (χ4n) is 3.25. The molecule has 2 aromatic rings. The van der Waals surface area contributed by atoms with Crippen molar-refractivity contribution in [3.63, 3.8) is 0 Å². The van der Waals surface area contributed by atoms with Gasteiger partial charge in [0.15, 0.2) is 0 Å². The fraction of sp³-hybridized carbons (Fsp3) is 0.522. The van der Waals surface area contributed by atoms with Crippen LogP contribution in [0.4, 0.5) is 9.18 Å². The van der Waals surface area contributed by atoms with Crippen molar-refractivity contribution in [2.45, 2.75) is 66.0 Å². The van der Waals surface area contributed by atoms with Crippen molar-refractivity contribution in [2.75, 3.05) is 6.61 Å². The molecule has 164 valence electrons. The predicted octanol–water partition coefficient (Wildman–Crippen LogP) is 5.30. The minimum atomic E-state index is -0.615. The van der Waals surface area contributed by atoms with E-state index in [1.165, 1.54) is 12.3 Å². The highest BCUT2D eigenvalue weighted by Gasteiger charge is 2.31. The minimum absolute atomic E-state index is 0.260. The Morgan fingerprint density at radius 1 is 1.20 bits per heavy atom. The first-order chi connectivity index (χ1) is 13.9.